The van der Waals surface area contributed by atoms with E-state index in [1.807, 2.05) is 32.0 Å². The van der Waals surface area contributed by atoms with E-state index in [1.54, 1.807) is 24.5 Å². The van der Waals surface area contributed by atoms with E-state index in [4.69, 9.17) is 4.42 Å². The van der Waals surface area contributed by atoms with Crippen LogP contribution in [0.25, 0.3) is 5.69 Å². The van der Waals surface area contributed by atoms with Crippen LogP contribution in [0.4, 0.5) is 0 Å². The SMILES string of the molecule is Cc1ccc(-n2nc(SCC(=O)NCc3ccco3)ccc2=O)cc1C. The van der Waals surface area contributed by atoms with Crippen molar-refractivity contribution in [3.8, 4) is 5.69 Å². The van der Waals surface area contributed by atoms with Gasteiger partial charge in [0.15, 0.2) is 0 Å². The lowest BCUT2D eigenvalue weighted by molar-refractivity contribution is -0.118. The standard InChI is InChI=1S/C19H19N3O3S/c1-13-5-6-15(10-14(13)2)22-19(24)8-7-18(21-22)26-12-17(23)20-11-16-4-3-9-25-16/h3-10H,11-12H2,1-2H3,(H,20,23). The minimum absolute atomic E-state index is 0.128. The van der Waals surface area contributed by atoms with E-state index in [-0.39, 0.29) is 17.2 Å². The highest BCUT2D eigenvalue weighted by atomic mass is 32.2. The topological polar surface area (TPSA) is 77.1 Å². The molecule has 0 aliphatic carbocycles. The molecule has 7 heteroatoms. The van der Waals surface area contributed by atoms with Crippen LogP contribution in [0.15, 0.2) is 63.0 Å². The fourth-order valence-electron chi connectivity index (χ4n) is 2.30. The van der Waals surface area contributed by atoms with Crippen molar-refractivity contribution >= 4 is 17.7 Å². The van der Waals surface area contributed by atoms with Crippen LogP contribution < -0.4 is 10.9 Å². The number of carbonyl (C=O) groups excluding carboxylic acids is 1. The Kier molecular flexibility index (Phi) is 5.58. The molecule has 0 radical (unpaired) electrons. The first kappa shape index (κ1) is 18.0. The van der Waals surface area contributed by atoms with Gasteiger partial charge in [0.05, 0.1) is 24.2 Å². The molecular formula is C19H19N3O3S. The number of carbonyl (C=O) groups is 1. The fourth-order valence-corrected chi connectivity index (χ4v) is 2.99. The highest BCUT2D eigenvalue weighted by Crippen LogP contribution is 2.16. The number of amides is 1. The van der Waals surface area contributed by atoms with Crippen LogP contribution in [0.1, 0.15) is 16.9 Å². The molecule has 0 saturated carbocycles. The highest BCUT2D eigenvalue weighted by Gasteiger charge is 2.08. The third kappa shape index (κ3) is 4.43. The predicted molar refractivity (Wildman–Crippen MR) is 101 cm³/mol. The maximum atomic E-state index is 12.1. The molecule has 0 atom stereocenters. The summed E-state index contributed by atoms with van der Waals surface area (Å²) in [6, 6.07) is 12.4. The van der Waals surface area contributed by atoms with Crippen LogP contribution in [0, 0.1) is 13.8 Å². The smallest absolute Gasteiger partial charge is 0.271 e. The number of benzene rings is 1. The lowest BCUT2D eigenvalue weighted by atomic mass is 10.1. The van der Waals surface area contributed by atoms with Crippen LogP contribution in [0.3, 0.4) is 0 Å². The summed E-state index contributed by atoms with van der Waals surface area (Å²) in [6.07, 6.45) is 1.57. The van der Waals surface area contributed by atoms with E-state index < -0.39 is 0 Å². The minimum atomic E-state index is -0.208. The Morgan fingerprint density at radius 2 is 2.04 bits per heavy atom. The monoisotopic (exact) mass is 369 g/mol. The van der Waals surface area contributed by atoms with Gasteiger partial charge in [-0.1, -0.05) is 17.8 Å². The number of thioether (sulfide) groups is 1. The van der Waals surface area contributed by atoms with Gasteiger partial charge in [0.1, 0.15) is 10.8 Å². The van der Waals surface area contributed by atoms with E-state index in [0.29, 0.717) is 23.0 Å². The van der Waals surface area contributed by atoms with Gasteiger partial charge in [0.2, 0.25) is 5.91 Å². The van der Waals surface area contributed by atoms with Crippen molar-refractivity contribution in [2.75, 3.05) is 5.75 Å². The summed E-state index contributed by atoms with van der Waals surface area (Å²) in [4.78, 5) is 24.1. The van der Waals surface area contributed by atoms with E-state index >= 15 is 0 Å². The number of aromatic nitrogens is 2. The third-order valence-corrected chi connectivity index (χ3v) is 4.82. The van der Waals surface area contributed by atoms with Gasteiger partial charge in [-0.15, -0.1) is 0 Å². The normalized spacial score (nSPS) is 10.7. The first-order valence-electron chi connectivity index (χ1n) is 8.13. The van der Waals surface area contributed by atoms with Gasteiger partial charge < -0.3 is 9.73 Å². The molecule has 0 saturated heterocycles. The summed E-state index contributed by atoms with van der Waals surface area (Å²) in [5.74, 6) is 0.778. The molecule has 0 unspecified atom stereocenters. The Bertz CT molecular complexity index is 964. The Balaban J connectivity index is 1.66. The largest absolute Gasteiger partial charge is 0.467 e. The Morgan fingerprint density at radius 1 is 1.19 bits per heavy atom. The summed E-state index contributed by atoms with van der Waals surface area (Å²) in [5.41, 5.74) is 2.75. The molecule has 0 fully saturated rings. The fraction of sp³-hybridized carbons (Fsp3) is 0.211. The van der Waals surface area contributed by atoms with Gasteiger partial charge in [0, 0.05) is 6.07 Å². The average molecular weight is 369 g/mol. The molecular weight excluding hydrogens is 350 g/mol. The average Bonchev–Trinajstić information content (AvgIpc) is 3.15. The number of rotatable bonds is 6. The zero-order valence-corrected chi connectivity index (χ0v) is 15.4. The number of nitrogens with zero attached hydrogens (tertiary/aromatic N) is 2. The van der Waals surface area contributed by atoms with Crippen molar-refractivity contribution in [3.63, 3.8) is 0 Å². The van der Waals surface area contributed by atoms with Gasteiger partial charge in [-0.05, 0) is 55.3 Å². The quantitative estimate of drug-likeness (QED) is 0.676. The Labute approximate surface area is 155 Å². The van der Waals surface area contributed by atoms with Gasteiger partial charge >= 0.3 is 0 Å². The number of hydrogen-bond donors (Lipinski definition) is 1. The second kappa shape index (κ2) is 8.05. The van der Waals surface area contributed by atoms with Crippen LogP contribution in [0.2, 0.25) is 0 Å². The van der Waals surface area contributed by atoms with Crippen molar-refractivity contribution in [3.05, 3.63) is 76.0 Å². The zero-order valence-electron chi connectivity index (χ0n) is 14.6. The summed E-state index contributed by atoms with van der Waals surface area (Å²) in [5, 5.41) is 7.75. The van der Waals surface area contributed by atoms with Crippen LogP contribution in [0.5, 0.6) is 0 Å². The number of furan rings is 1. The summed E-state index contributed by atoms with van der Waals surface area (Å²) < 4.78 is 6.53. The maximum Gasteiger partial charge on any atom is 0.271 e. The molecule has 2 aromatic heterocycles. The second-order valence-electron chi connectivity index (χ2n) is 5.83. The van der Waals surface area contributed by atoms with Crippen molar-refractivity contribution in [1.29, 1.82) is 0 Å². The number of nitrogens with one attached hydrogen (secondary N) is 1. The molecule has 6 nitrogen and oxygen atoms in total. The molecule has 1 N–H and O–H groups in total. The molecule has 0 bridgehead atoms. The molecule has 3 rings (SSSR count). The first-order valence-corrected chi connectivity index (χ1v) is 9.11. The highest BCUT2D eigenvalue weighted by molar-refractivity contribution is 7.99. The molecule has 1 aromatic carbocycles. The Hall–Kier alpha value is -2.80. The van der Waals surface area contributed by atoms with E-state index in [1.165, 1.54) is 22.5 Å². The van der Waals surface area contributed by atoms with Gasteiger partial charge in [-0.3, -0.25) is 9.59 Å². The zero-order chi connectivity index (χ0) is 18.5. The van der Waals surface area contributed by atoms with Crippen LogP contribution >= 0.6 is 11.8 Å². The number of aryl methyl sites for hydroxylation is 2. The van der Waals surface area contributed by atoms with Crippen molar-refractivity contribution in [1.82, 2.24) is 15.1 Å². The molecule has 1 amide bonds. The van der Waals surface area contributed by atoms with E-state index in [2.05, 4.69) is 10.4 Å². The Morgan fingerprint density at radius 3 is 2.77 bits per heavy atom. The van der Waals surface area contributed by atoms with Crippen LogP contribution in [-0.2, 0) is 11.3 Å². The van der Waals surface area contributed by atoms with E-state index in [9.17, 15) is 9.59 Å². The van der Waals surface area contributed by atoms with E-state index in [0.717, 1.165) is 11.1 Å². The predicted octanol–water partition coefficient (Wildman–Crippen LogP) is 2.85. The molecule has 0 aliphatic heterocycles. The summed E-state index contributed by atoms with van der Waals surface area (Å²) in [7, 11) is 0. The molecule has 0 spiro atoms. The third-order valence-electron chi connectivity index (χ3n) is 3.90. The number of hydrogen-bond acceptors (Lipinski definition) is 5. The molecule has 0 aliphatic rings. The minimum Gasteiger partial charge on any atom is -0.467 e. The second-order valence-corrected chi connectivity index (χ2v) is 6.83. The van der Waals surface area contributed by atoms with Crippen molar-refractivity contribution in [2.24, 2.45) is 0 Å². The van der Waals surface area contributed by atoms with Crippen molar-refractivity contribution in [2.45, 2.75) is 25.4 Å². The van der Waals surface area contributed by atoms with Gasteiger partial charge in [0.25, 0.3) is 5.56 Å². The summed E-state index contributed by atoms with van der Waals surface area (Å²) >= 11 is 1.28. The van der Waals surface area contributed by atoms with Crippen molar-refractivity contribution < 1.29 is 9.21 Å². The molecule has 134 valence electrons. The van der Waals surface area contributed by atoms with Gasteiger partial charge in [-0.2, -0.15) is 9.78 Å². The maximum absolute atomic E-state index is 12.1. The molecule has 3 aromatic rings. The molecule has 2 heterocycles. The molecule has 26 heavy (non-hydrogen) atoms. The summed E-state index contributed by atoms with van der Waals surface area (Å²) in [6.45, 7) is 4.36. The lowest BCUT2D eigenvalue weighted by Crippen LogP contribution is -2.25. The van der Waals surface area contributed by atoms with Gasteiger partial charge in [-0.25, -0.2) is 0 Å². The van der Waals surface area contributed by atoms with Crippen LogP contribution in [-0.4, -0.2) is 21.4 Å². The first-order chi connectivity index (χ1) is 12.5. The lowest BCUT2D eigenvalue weighted by Gasteiger charge is -2.09.